The van der Waals surface area contributed by atoms with Crippen LogP contribution in [0.5, 0.6) is 0 Å². The molecule has 0 spiro atoms. The molecule has 3 rings (SSSR count). The van der Waals surface area contributed by atoms with E-state index in [-0.39, 0.29) is 23.7 Å². The first kappa shape index (κ1) is 16.2. The van der Waals surface area contributed by atoms with Gasteiger partial charge in [0, 0.05) is 25.9 Å². The van der Waals surface area contributed by atoms with Crippen molar-refractivity contribution in [1.29, 1.82) is 0 Å². The van der Waals surface area contributed by atoms with Crippen LogP contribution in [0.2, 0.25) is 0 Å². The average Bonchev–Trinajstić information content (AvgIpc) is 3.18. The highest BCUT2D eigenvalue weighted by atomic mass is 16.5. The van der Waals surface area contributed by atoms with Gasteiger partial charge >= 0.3 is 5.97 Å². The molecule has 2 aromatic rings. The number of methoxy groups -OCH3 is 1. The number of oxazole rings is 1. The second-order valence-electron chi connectivity index (χ2n) is 5.99. The van der Waals surface area contributed by atoms with E-state index >= 15 is 0 Å². The minimum atomic E-state index is -0.380. The van der Waals surface area contributed by atoms with E-state index in [1.54, 1.807) is 18.7 Å². The Morgan fingerprint density at radius 2 is 1.92 bits per heavy atom. The van der Waals surface area contributed by atoms with Crippen molar-refractivity contribution in [2.24, 2.45) is 5.92 Å². The molecule has 0 radical (unpaired) electrons. The number of ether oxygens (including phenoxy) is 1. The standard InChI is InChI=1S/C18H20N2O4/c1-11-16(19-12(2)24-11)17(21)20-9-14(13-7-5-4-6-8-13)15(10-20)18(22)23-3/h4-8,14-15H,9-10H2,1-3H3/t14-,15-/m0/s1. The van der Waals surface area contributed by atoms with E-state index in [4.69, 9.17) is 9.15 Å². The third kappa shape index (κ3) is 2.91. The third-order valence-corrected chi connectivity index (χ3v) is 4.44. The molecule has 0 unspecified atom stereocenters. The number of esters is 1. The van der Waals surface area contributed by atoms with Crippen molar-refractivity contribution >= 4 is 11.9 Å². The number of benzene rings is 1. The van der Waals surface area contributed by atoms with Crippen LogP contribution in [0.3, 0.4) is 0 Å². The molecule has 0 bridgehead atoms. The Kier molecular flexibility index (Phi) is 4.38. The predicted octanol–water partition coefficient (Wildman–Crippen LogP) is 2.32. The van der Waals surface area contributed by atoms with Crippen molar-refractivity contribution in [3.63, 3.8) is 0 Å². The minimum absolute atomic E-state index is 0.0871. The van der Waals surface area contributed by atoms with Crippen LogP contribution in [0, 0.1) is 19.8 Å². The van der Waals surface area contributed by atoms with E-state index in [1.165, 1.54) is 7.11 Å². The molecule has 6 nitrogen and oxygen atoms in total. The van der Waals surface area contributed by atoms with Crippen LogP contribution in [0.4, 0.5) is 0 Å². The molecule has 0 N–H and O–H groups in total. The number of amides is 1. The van der Waals surface area contributed by atoms with E-state index in [1.807, 2.05) is 30.3 Å². The third-order valence-electron chi connectivity index (χ3n) is 4.44. The van der Waals surface area contributed by atoms with Crippen LogP contribution in [0.15, 0.2) is 34.7 Å². The number of aryl methyl sites for hydroxylation is 2. The second kappa shape index (κ2) is 6.47. The highest BCUT2D eigenvalue weighted by Gasteiger charge is 2.42. The SMILES string of the molecule is COC(=O)[C@H]1CN(C(=O)c2nc(C)oc2C)C[C@H]1c1ccccc1. The summed E-state index contributed by atoms with van der Waals surface area (Å²) in [6, 6.07) is 9.73. The van der Waals surface area contributed by atoms with Gasteiger partial charge in [-0.05, 0) is 12.5 Å². The van der Waals surface area contributed by atoms with Gasteiger partial charge in [-0.15, -0.1) is 0 Å². The van der Waals surface area contributed by atoms with E-state index < -0.39 is 0 Å². The molecular weight excluding hydrogens is 308 g/mol. The zero-order chi connectivity index (χ0) is 17.3. The van der Waals surface area contributed by atoms with Crippen LogP contribution < -0.4 is 0 Å². The van der Waals surface area contributed by atoms with Crippen molar-refractivity contribution in [3.8, 4) is 0 Å². The van der Waals surface area contributed by atoms with Gasteiger partial charge in [0.05, 0.1) is 13.0 Å². The summed E-state index contributed by atoms with van der Waals surface area (Å²) in [5.41, 5.74) is 1.33. The summed E-state index contributed by atoms with van der Waals surface area (Å²) >= 11 is 0. The van der Waals surface area contributed by atoms with Crippen molar-refractivity contribution in [1.82, 2.24) is 9.88 Å². The summed E-state index contributed by atoms with van der Waals surface area (Å²) in [6.07, 6.45) is 0. The molecule has 0 saturated carbocycles. The number of likely N-dealkylation sites (tertiary alicyclic amines) is 1. The number of nitrogens with zero attached hydrogens (tertiary/aromatic N) is 2. The smallest absolute Gasteiger partial charge is 0.311 e. The van der Waals surface area contributed by atoms with Crippen molar-refractivity contribution in [2.45, 2.75) is 19.8 Å². The van der Waals surface area contributed by atoms with Gasteiger partial charge in [-0.2, -0.15) is 0 Å². The first-order valence-electron chi connectivity index (χ1n) is 7.87. The Balaban J connectivity index is 1.88. The van der Waals surface area contributed by atoms with Gasteiger partial charge in [0.15, 0.2) is 11.6 Å². The highest BCUT2D eigenvalue weighted by Crippen LogP contribution is 2.34. The molecule has 126 valence electrons. The normalized spacial score (nSPS) is 20.2. The van der Waals surface area contributed by atoms with Gasteiger partial charge in [-0.3, -0.25) is 9.59 Å². The molecule has 1 aliphatic heterocycles. The fraction of sp³-hybridized carbons (Fsp3) is 0.389. The van der Waals surface area contributed by atoms with E-state index in [0.717, 1.165) is 5.56 Å². The van der Waals surface area contributed by atoms with Crippen LogP contribution in [-0.4, -0.2) is 42.0 Å². The van der Waals surface area contributed by atoms with Gasteiger partial charge in [-0.25, -0.2) is 4.98 Å². The molecule has 2 atom stereocenters. The Bertz CT molecular complexity index is 754. The number of aromatic nitrogens is 1. The molecule has 1 aliphatic rings. The van der Waals surface area contributed by atoms with Gasteiger partial charge in [0.2, 0.25) is 0 Å². The molecule has 1 aromatic heterocycles. The fourth-order valence-electron chi connectivity index (χ4n) is 3.27. The maximum atomic E-state index is 12.8. The molecule has 0 aliphatic carbocycles. The molecule has 2 heterocycles. The number of hydrogen-bond donors (Lipinski definition) is 0. The van der Waals surface area contributed by atoms with Crippen LogP contribution >= 0.6 is 0 Å². The number of rotatable bonds is 3. The molecule has 24 heavy (non-hydrogen) atoms. The van der Waals surface area contributed by atoms with Crippen molar-refractivity contribution in [3.05, 3.63) is 53.2 Å². The highest BCUT2D eigenvalue weighted by molar-refractivity contribution is 5.94. The maximum Gasteiger partial charge on any atom is 0.311 e. The van der Waals surface area contributed by atoms with Gasteiger partial charge < -0.3 is 14.1 Å². The Morgan fingerprint density at radius 3 is 2.50 bits per heavy atom. The lowest BCUT2D eigenvalue weighted by atomic mass is 9.89. The average molecular weight is 328 g/mol. The first-order valence-corrected chi connectivity index (χ1v) is 7.87. The molecule has 1 fully saturated rings. The van der Waals surface area contributed by atoms with Gasteiger partial charge in [-0.1, -0.05) is 30.3 Å². The maximum absolute atomic E-state index is 12.8. The van der Waals surface area contributed by atoms with Crippen LogP contribution in [0.1, 0.15) is 33.6 Å². The zero-order valence-electron chi connectivity index (χ0n) is 14.0. The lowest BCUT2D eigenvalue weighted by Crippen LogP contribution is -2.30. The minimum Gasteiger partial charge on any atom is -0.469 e. The first-order chi connectivity index (χ1) is 11.5. The number of carbonyl (C=O) groups excluding carboxylic acids is 2. The van der Waals surface area contributed by atoms with Crippen molar-refractivity contribution in [2.75, 3.05) is 20.2 Å². The molecule has 1 aromatic carbocycles. The summed E-state index contributed by atoms with van der Waals surface area (Å²) < 4.78 is 10.3. The van der Waals surface area contributed by atoms with Crippen molar-refractivity contribution < 1.29 is 18.7 Å². The quantitative estimate of drug-likeness (QED) is 0.809. The zero-order valence-corrected chi connectivity index (χ0v) is 14.0. The number of carbonyl (C=O) groups is 2. The topological polar surface area (TPSA) is 72.6 Å². The Morgan fingerprint density at radius 1 is 1.21 bits per heavy atom. The lowest BCUT2D eigenvalue weighted by Gasteiger charge is -2.16. The summed E-state index contributed by atoms with van der Waals surface area (Å²) in [6.45, 7) is 4.19. The predicted molar refractivity (Wildman–Crippen MR) is 86.6 cm³/mol. The van der Waals surface area contributed by atoms with Gasteiger partial charge in [0.1, 0.15) is 5.76 Å². The van der Waals surface area contributed by atoms with Gasteiger partial charge in [0.25, 0.3) is 5.91 Å². The second-order valence-corrected chi connectivity index (χ2v) is 5.99. The molecule has 1 saturated heterocycles. The lowest BCUT2D eigenvalue weighted by molar-refractivity contribution is -0.145. The largest absolute Gasteiger partial charge is 0.469 e. The molecular formula is C18H20N2O4. The summed E-state index contributed by atoms with van der Waals surface area (Å²) in [5.74, 6) is -0.0242. The summed E-state index contributed by atoms with van der Waals surface area (Å²) in [4.78, 5) is 30.8. The van der Waals surface area contributed by atoms with Crippen LogP contribution in [0.25, 0.3) is 0 Å². The van der Waals surface area contributed by atoms with Crippen LogP contribution in [-0.2, 0) is 9.53 Å². The molecule has 6 heteroatoms. The Labute approximate surface area is 140 Å². The Hall–Kier alpha value is -2.63. The summed E-state index contributed by atoms with van der Waals surface area (Å²) in [5, 5.41) is 0. The summed E-state index contributed by atoms with van der Waals surface area (Å²) in [7, 11) is 1.38. The molecule has 1 amide bonds. The van der Waals surface area contributed by atoms with E-state index in [9.17, 15) is 9.59 Å². The fourth-order valence-corrected chi connectivity index (χ4v) is 3.27. The monoisotopic (exact) mass is 328 g/mol. The van der Waals surface area contributed by atoms with E-state index in [2.05, 4.69) is 4.98 Å². The number of hydrogen-bond acceptors (Lipinski definition) is 5. The van der Waals surface area contributed by atoms with E-state index in [0.29, 0.717) is 30.4 Å².